The lowest BCUT2D eigenvalue weighted by Crippen LogP contribution is -1.55. The van der Waals surface area contributed by atoms with Crippen LogP contribution < -0.4 is 0 Å². The van der Waals surface area contributed by atoms with E-state index < -0.39 is 0 Å². The van der Waals surface area contributed by atoms with E-state index in [9.17, 15) is 0 Å². The van der Waals surface area contributed by atoms with E-state index in [2.05, 4.69) is 13.2 Å². The molecule has 0 amide bonds. The third-order valence-electron chi connectivity index (χ3n) is 0.326. The van der Waals surface area contributed by atoms with E-state index in [1.54, 1.807) is 21.6 Å². The van der Waals surface area contributed by atoms with Gasteiger partial charge in [0.1, 0.15) is 0 Å². The normalized spacial score (nSPS) is 8.75. The maximum Gasteiger partial charge on any atom is -0.0141 e. The summed E-state index contributed by atoms with van der Waals surface area (Å²) in [5.74, 6) is 0. The molecule has 0 saturated carbocycles. The highest BCUT2D eigenvalue weighted by molar-refractivity contribution is 8.79. The van der Waals surface area contributed by atoms with Gasteiger partial charge < -0.3 is 0 Å². The van der Waals surface area contributed by atoms with E-state index >= 15 is 0 Å². The summed E-state index contributed by atoms with van der Waals surface area (Å²) in [6, 6.07) is 0. The Hall–Kier alpha value is 0.180. The third kappa shape index (κ3) is 6.18. The van der Waals surface area contributed by atoms with Crippen LogP contribution >= 0.6 is 21.6 Å². The fourth-order valence-corrected chi connectivity index (χ4v) is 1.28. The summed E-state index contributed by atoms with van der Waals surface area (Å²) >= 11 is 0. The van der Waals surface area contributed by atoms with E-state index in [1.807, 2.05) is 13.8 Å². The average molecular weight is 146 g/mol. The van der Waals surface area contributed by atoms with Crippen molar-refractivity contribution in [1.29, 1.82) is 0 Å². The number of hydrogen-bond donors (Lipinski definition) is 0. The van der Waals surface area contributed by atoms with Crippen LogP contribution in [0.15, 0.2) is 23.0 Å². The standard InChI is InChI=1S/C6H10S2/c1-5(2)7-8-6(3)4/h1,3H2,2,4H3. The molecule has 0 fully saturated rings. The van der Waals surface area contributed by atoms with Crippen LogP contribution in [0.4, 0.5) is 0 Å². The van der Waals surface area contributed by atoms with E-state index in [1.165, 1.54) is 0 Å². The van der Waals surface area contributed by atoms with Crippen molar-refractivity contribution in [3.05, 3.63) is 23.0 Å². The van der Waals surface area contributed by atoms with Gasteiger partial charge in [0, 0.05) is 0 Å². The summed E-state index contributed by atoms with van der Waals surface area (Å²) in [4.78, 5) is 2.25. The molecular formula is C6H10S2. The lowest BCUT2D eigenvalue weighted by molar-refractivity contribution is 1.73. The largest absolute Gasteiger partial charge is 0.0889 e. The van der Waals surface area contributed by atoms with Crippen LogP contribution in [-0.4, -0.2) is 0 Å². The van der Waals surface area contributed by atoms with Crippen molar-refractivity contribution >= 4 is 21.6 Å². The van der Waals surface area contributed by atoms with Crippen molar-refractivity contribution in [2.45, 2.75) is 13.8 Å². The van der Waals surface area contributed by atoms with Gasteiger partial charge in [-0.05, 0) is 23.7 Å². The molecule has 0 atom stereocenters. The van der Waals surface area contributed by atoms with Crippen molar-refractivity contribution in [2.24, 2.45) is 0 Å². The van der Waals surface area contributed by atoms with Gasteiger partial charge in [-0.15, -0.1) is 0 Å². The zero-order chi connectivity index (χ0) is 6.57. The van der Waals surface area contributed by atoms with Crippen LogP contribution in [0.1, 0.15) is 13.8 Å². The molecule has 0 saturated heterocycles. The van der Waals surface area contributed by atoms with E-state index in [4.69, 9.17) is 0 Å². The first-order valence-corrected chi connectivity index (χ1v) is 4.43. The molecule has 0 rings (SSSR count). The van der Waals surface area contributed by atoms with E-state index in [0.717, 1.165) is 9.81 Å². The Balaban J connectivity index is 3.18. The number of hydrogen-bond acceptors (Lipinski definition) is 2. The average Bonchev–Trinajstić information content (AvgIpc) is 1.61. The first kappa shape index (κ1) is 8.18. The van der Waals surface area contributed by atoms with Crippen molar-refractivity contribution in [1.82, 2.24) is 0 Å². The smallest absolute Gasteiger partial charge is 0.0141 e. The Kier molecular flexibility index (Phi) is 4.19. The SMILES string of the molecule is C=C(C)SSC(=C)C. The molecule has 0 aliphatic rings. The summed E-state index contributed by atoms with van der Waals surface area (Å²) in [5.41, 5.74) is 0. The summed E-state index contributed by atoms with van der Waals surface area (Å²) in [5, 5.41) is 0. The lowest BCUT2D eigenvalue weighted by Gasteiger charge is -1.94. The minimum atomic E-state index is 1.12. The summed E-state index contributed by atoms with van der Waals surface area (Å²) in [6.07, 6.45) is 0. The minimum Gasteiger partial charge on any atom is -0.0889 e. The van der Waals surface area contributed by atoms with Crippen LogP contribution in [-0.2, 0) is 0 Å². The first-order chi connectivity index (χ1) is 3.63. The highest BCUT2D eigenvalue weighted by Crippen LogP contribution is 2.33. The molecule has 0 radical (unpaired) electrons. The molecule has 8 heavy (non-hydrogen) atoms. The van der Waals surface area contributed by atoms with Crippen molar-refractivity contribution < 1.29 is 0 Å². The Morgan fingerprint density at radius 2 is 1.25 bits per heavy atom. The van der Waals surface area contributed by atoms with E-state index in [0.29, 0.717) is 0 Å². The van der Waals surface area contributed by atoms with Gasteiger partial charge in [0.05, 0.1) is 0 Å². The monoisotopic (exact) mass is 146 g/mol. The van der Waals surface area contributed by atoms with Crippen LogP contribution in [0.25, 0.3) is 0 Å². The minimum absolute atomic E-state index is 1.12. The summed E-state index contributed by atoms with van der Waals surface area (Å²) < 4.78 is 0. The van der Waals surface area contributed by atoms with Crippen molar-refractivity contribution in [3.8, 4) is 0 Å². The van der Waals surface area contributed by atoms with Crippen LogP contribution in [0.5, 0.6) is 0 Å². The van der Waals surface area contributed by atoms with Gasteiger partial charge >= 0.3 is 0 Å². The van der Waals surface area contributed by atoms with Gasteiger partial charge in [0.25, 0.3) is 0 Å². The molecule has 0 bridgehead atoms. The highest BCUT2D eigenvalue weighted by atomic mass is 33.1. The summed E-state index contributed by atoms with van der Waals surface area (Å²) in [7, 11) is 3.32. The molecule has 2 heteroatoms. The second kappa shape index (κ2) is 4.10. The van der Waals surface area contributed by atoms with Crippen LogP contribution in [0.3, 0.4) is 0 Å². The van der Waals surface area contributed by atoms with E-state index in [-0.39, 0.29) is 0 Å². The lowest BCUT2D eigenvalue weighted by atomic mass is 10.8. The van der Waals surface area contributed by atoms with Crippen LogP contribution in [0, 0.1) is 0 Å². The molecule has 0 aromatic carbocycles. The maximum absolute atomic E-state index is 3.73. The molecule has 0 aliphatic carbocycles. The number of rotatable bonds is 3. The topological polar surface area (TPSA) is 0 Å². The molecule has 0 aliphatic heterocycles. The Bertz CT molecular complexity index is 91.1. The fourth-order valence-electron chi connectivity index (χ4n) is 0.142. The second-order valence-corrected chi connectivity index (χ2v) is 4.30. The molecule has 46 valence electrons. The summed E-state index contributed by atoms with van der Waals surface area (Å²) in [6.45, 7) is 11.4. The van der Waals surface area contributed by atoms with Gasteiger partial charge in [-0.3, -0.25) is 0 Å². The maximum atomic E-state index is 3.73. The van der Waals surface area contributed by atoms with Gasteiger partial charge in [0.2, 0.25) is 0 Å². The molecule has 0 aromatic heterocycles. The predicted molar refractivity (Wildman–Crippen MR) is 44.8 cm³/mol. The zero-order valence-electron chi connectivity index (χ0n) is 5.23. The molecule has 0 spiro atoms. The molecule has 0 nitrogen and oxygen atoms in total. The van der Waals surface area contributed by atoms with Gasteiger partial charge in [-0.1, -0.05) is 34.7 Å². The van der Waals surface area contributed by atoms with Crippen molar-refractivity contribution in [2.75, 3.05) is 0 Å². The van der Waals surface area contributed by atoms with Gasteiger partial charge in [0.15, 0.2) is 0 Å². The zero-order valence-corrected chi connectivity index (χ0v) is 6.86. The van der Waals surface area contributed by atoms with Gasteiger partial charge in [-0.25, -0.2) is 0 Å². The molecule has 0 N–H and O–H groups in total. The van der Waals surface area contributed by atoms with Crippen molar-refractivity contribution in [3.63, 3.8) is 0 Å². The second-order valence-electron chi connectivity index (χ2n) is 1.57. The Labute approximate surface area is 58.8 Å². The van der Waals surface area contributed by atoms with Crippen LogP contribution in [0.2, 0.25) is 0 Å². The Morgan fingerprint density at radius 1 is 1.00 bits per heavy atom. The number of allylic oxidation sites excluding steroid dienone is 2. The first-order valence-electron chi connectivity index (χ1n) is 2.28. The van der Waals surface area contributed by atoms with Gasteiger partial charge in [-0.2, -0.15) is 0 Å². The fraction of sp³-hybridized carbons (Fsp3) is 0.333. The highest BCUT2D eigenvalue weighted by Gasteiger charge is 1.86. The molecule has 0 heterocycles. The quantitative estimate of drug-likeness (QED) is 0.559. The molecular weight excluding hydrogens is 136 g/mol. The molecule has 0 aromatic rings. The Morgan fingerprint density at radius 3 is 1.38 bits per heavy atom. The molecule has 0 unspecified atom stereocenters. The third-order valence-corrected chi connectivity index (χ3v) is 2.94. The predicted octanol–water partition coefficient (Wildman–Crippen LogP) is 3.44.